The number of nitrogens with zero attached hydrogens (tertiary/aromatic N) is 1. The van der Waals surface area contributed by atoms with E-state index in [1.54, 1.807) is 23.5 Å². The van der Waals surface area contributed by atoms with Gasteiger partial charge in [0.2, 0.25) is 5.52 Å². The molecule has 2 N–H and O–H groups in total. The van der Waals surface area contributed by atoms with Crippen molar-refractivity contribution in [2.24, 2.45) is 0 Å². The van der Waals surface area contributed by atoms with Crippen LogP contribution in [0.15, 0.2) is 42.5 Å². The van der Waals surface area contributed by atoms with Crippen molar-refractivity contribution in [3.63, 3.8) is 0 Å². The van der Waals surface area contributed by atoms with Gasteiger partial charge in [-0.25, -0.2) is 0 Å². The molecule has 0 unspecified atom stereocenters. The minimum absolute atomic E-state index is 0.123. The molecule has 0 atom stereocenters. The summed E-state index contributed by atoms with van der Waals surface area (Å²) in [6.07, 6.45) is 4.57. The van der Waals surface area contributed by atoms with E-state index in [0.717, 1.165) is 20.8 Å². The molecule has 0 saturated heterocycles. The van der Waals surface area contributed by atoms with Gasteiger partial charge in [0.05, 0.1) is 6.42 Å². The molecule has 4 nitrogen and oxygen atoms in total. The van der Waals surface area contributed by atoms with Crippen LogP contribution in [0, 0.1) is 0 Å². The minimum atomic E-state index is -0.786. The number of hydrogen-bond donors (Lipinski definition) is 2. The number of benzene rings is 2. The van der Waals surface area contributed by atoms with Crippen molar-refractivity contribution in [3.8, 4) is 5.75 Å². The molecule has 3 aromatic rings. The lowest BCUT2D eigenvalue weighted by atomic mass is 10.2. The normalized spacial score (nSPS) is 11.4. The van der Waals surface area contributed by atoms with Crippen molar-refractivity contribution in [2.75, 3.05) is 0 Å². The molecule has 0 bridgehead atoms. The van der Waals surface area contributed by atoms with Gasteiger partial charge in [-0.2, -0.15) is 4.57 Å². The number of carboxylic acids is 1. The van der Waals surface area contributed by atoms with E-state index in [2.05, 4.69) is 10.6 Å². The van der Waals surface area contributed by atoms with Crippen molar-refractivity contribution < 1.29 is 19.6 Å². The predicted molar refractivity (Wildman–Crippen MR) is 101 cm³/mol. The van der Waals surface area contributed by atoms with Gasteiger partial charge in [-0.15, -0.1) is 0 Å². The molecule has 0 saturated carbocycles. The molecule has 0 radical (unpaired) electrons. The number of thiazole rings is 1. The molecule has 128 valence electrons. The second-order valence-corrected chi connectivity index (χ2v) is 7.13. The highest BCUT2D eigenvalue weighted by atomic mass is 35.5. The molecular formula is C19H17ClNO3S+. The third kappa shape index (κ3) is 4.38. The van der Waals surface area contributed by atoms with E-state index in [1.807, 2.05) is 30.4 Å². The fourth-order valence-electron chi connectivity index (χ4n) is 2.66. The summed E-state index contributed by atoms with van der Waals surface area (Å²) < 4.78 is 3.27. The highest BCUT2D eigenvalue weighted by molar-refractivity contribution is 7.18. The first kappa shape index (κ1) is 17.5. The van der Waals surface area contributed by atoms with Crippen LogP contribution in [0.1, 0.15) is 23.4 Å². The van der Waals surface area contributed by atoms with Crippen LogP contribution in [0.4, 0.5) is 0 Å². The number of aryl methyl sites for hydroxylation is 1. The number of para-hydroxylation sites is 1. The lowest BCUT2D eigenvalue weighted by Gasteiger charge is -1.98. The Kier molecular flexibility index (Phi) is 5.36. The van der Waals surface area contributed by atoms with Crippen LogP contribution < -0.4 is 4.57 Å². The fourth-order valence-corrected chi connectivity index (χ4v) is 3.98. The second kappa shape index (κ2) is 7.68. The predicted octanol–water partition coefficient (Wildman–Crippen LogP) is 4.58. The smallest absolute Gasteiger partial charge is 0.303 e. The zero-order chi connectivity index (χ0) is 17.8. The molecule has 25 heavy (non-hydrogen) atoms. The number of phenols is 1. The Morgan fingerprint density at radius 1 is 1.20 bits per heavy atom. The highest BCUT2D eigenvalue weighted by Crippen LogP contribution is 2.24. The van der Waals surface area contributed by atoms with Crippen LogP contribution >= 0.6 is 22.9 Å². The van der Waals surface area contributed by atoms with Gasteiger partial charge in [-0.1, -0.05) is 35.1 Å². The standard InChI is InChI=1S/C19H16ClNO3S/c20-14-10-13(11-15(22)12-14)7-8-18-21(9-3-6-19(23)24)16-4-1-2-5-17(16)25-18/h1-2,4-5,7-8,10-12H,3,6,9H2,(H-,22,23,24)/p+1/b8-7+. The van der Waals surface area contributed by atoms with Gasteiger partial charge in [0.25, 0.3) is 5.01 Å². The fraction of sp³-hybridized carbons (Fsp3) is 0.158. The Hall–Kier alpha value is -2.37. The van der Waals surface area contributed by atoms with Crippen LogP contribution in [0.3, 0.4) is 0 Å². The van der Waals surface area contributed by atoms with Crippen molar-refractivity contribution in [3.05, 3.63) is 58.1 Å². The van der Waals surface area contributed by atoms with Gasteiger partial charge < -0.3 is 10.2 Å². The first-order valence-corrected chi connectivity index (χ1v) is 9.03. The molecule has 0 aliphatic carbocycles. The number of hydrogen-bond acceptors (Lipinski definition) is 3. The summed E-state index contributed by atoms with van der Waals surface area (Å²) in [5.74, 6) is -0.663. The summed E-state index contributed by atoms with van der Waals surface area (Å²) >= 11 is 7.62. The average Bonchev–Trinajstić information content (AvgIpc) is 2.90. The Balaban J connectivity index is 1.93. The number of aromatic nitrogens is 1. The molecule has 0 fully saturated rings. The largest absolute Gasteiger partial charge is 0.508 e. The maximum Gasteiger partial charge on any atom is 0.303 e. The number of rotatable bonds is 6. The SMILES string of the molecule is O=C(O)CCC[n+]1c(/C=C/c2cc(O)cc(Cl)c2)sc2ccccc21. The van der Waals surface area contributed by atoms with Gasteiger partial charge in [0.15, 0.2) is 6.54 Å². The summed E-state index contributed by atoms with van der Waals surface area (Å²) in [7, 11) is 0. The lowest BCUT2D eigenvalue weighted by molar-refractivity contribution is -0.669. The van der Waals surface area contributed by atoms with E-state index in [4.69, 9.17) is 16.7 Å². The molecule has 0 aliphatic heterocycles. The van der Waals surface area contributed by atoms with E-state index >= 15 is 0 Å². The Bertz CT molecular complexity index is 929. The van der Waals surface area contributed by atoms with Crippen molar-refractivity contribution in [1.82, 2.24) is 0 Å². The molecule has 2 aromatic carbocycles. The number of halogens is 1. The molecule has 0 amide bonds. The summed E-state index contributed by atoms with van der Waals surface area (Å²) in [5.41, 5.74) is 1.89. The van der Waals surface area contributed by atoms with Gasteiger partial charge in [-0.3, -0.25) is 4.79 Å². The molecule has 0 aliphatic rings. The number of carboxylic acid groups (broad SMARTS) is 1. The number of aromatic hydroxyl groups is 1. The average molecular weight is 375 g/mol. The first-order valence-electron chi connectivity index (χ1n) is 7.84. The van der Waals surface area contributed by atoms with Crippen LogP contribution in [0.5, 0.6) is 5.75 Å². The van der Waals surface area contributed by atoms with Crippen molar-refractivity contribution in [1.29, 1.82) is 0 Å². The van der Waals surface area contributed by atoms with E-state index in [9.17, 15) is 9.90 Å². The molecule has 1 heterocycles. The monoisotopic (exact) mass is 374 g/mol. The second-order valence-electron chi connectivity index (χ2n) is 5.63. The Labute approximate surface area is 154 Å². The quantitative estimate of drug-likeness (QED) is 0.620. The van der Waals surface area contributed by atoms with Crippen LogP contribution in [-0.4, -0.2) is 16.2 Å². The minimum Gasteiger partial charge on any atom is -0.508 e. The number of fused-ring (bicyclic) bond motifs is 1. The summed E-state index contributed by atoms with van der Waals surface area (Å²) in [6.45, 7) is 0.636. The van der Waals surface area contributed by atoms with Gasteiger partial charge in [0, 0.05) is 23.6 Å². The molecule has 3 rings (SSSR count). The van der Waals surface area contributed by atoms with E-state index in [1.165, 1.54) is 6.07 Å². The molecular weight excluding hydrogens is 358 g/mol. The number of aliphatic carboxylic acids is 1. The van der Waals surface area contributed by atoms with Crippen LogP contribution in [0.2, 0.25) is 5.02 Å². The van der Waals surface area contributed by atoms with Gasteiger partial charge in [0.1, 0.15) is 10.4 Å². The summed E-state index contributed by atoms with van der Waals surface area (Å²) in [4.78, 5) is 10.8. The first-order chi connectivity index (χ1) is 12.0. The van der Waals surface area contributed by atoms with Crippen molar-refractivity contribution in [2.45, 2.75) is 19.4 Å². The van der Waals surface area contributed by atoms with Gasteiger partial charge in [-0.05, 0) is 35.9 Å². The summed E-state index contributed by atoms with van der Waals surface area (Å²) in [5, 5.41) is 20.0. The maximum absolute atomic E-state index is 10.8. The molecule has 6 heteroatoms. The zero-order valence-corrected chi connectivity index (χ0v) is 14.9. The molecule has 0 spiro atoms. The van der Waals surface area contributed by atoms with Crippen LogP contribution in [0.25, 0.3) is 22.4 Å². The molecule has 1 aromatic heterocycles. The third-order valence-corrected chi connectivity index (χ3v) is 5.08. The third-order valence-electron chi connectivity index (χ3n) is 3.73. The Morgan fingerprint density at radius 2 is 2.00 bits per heavy atom. The maximum atomic E-state index is 10.8. The van der Waals surface area contributed by atoms with E-state index < -0.39 is 5.97 Å². The zero-order valence-electron chi connectivity index (χ0n) is 13.4. The highest BCUT2D eigenvalue weighted by Gasteiger charge is 2.18. The van der Waals surface area contributed by atoms with Gasteiger partial charge >= 0.3 is 5.97 Å². The Morgan fingerprint density at radius 3 is 2.76 bits per heavy atom. The summed E-state index contributed by atoms with van der Waals surface area (Å²) in [6, 6.07) is 13.0. The van der Waals surface area contributed by atoms with E-state index in [0.29, 0.717) is 18.0 Å². The lowest BCUT2D eigenvalue weighted by Crippen LogP contribution is -2.35. The number of phenolic OH excluding ortho intramolecular Hbond substituents is 1. The number of carbonyl (C=O) groups is 1. The van der Waals surface area contributed by atoms with Crippen LogP contribution in [-0.2, 0) is 11.3 Å². The van der Waals surface area contributed by atoms with E-state index in [-0.39, 0.29) is 12.2 Å². The topological polar surface area (TPSA) is 61.4 Å². The van der Waals surface area contributed by atoms with Crippen molar-refractivity contribution >= 4 is 51.3 Å².